The zero-order valence-corrected chi connectivity index (χ0v) is 13.7. The molecule has 0 aliphatic carbocycles. The zero-order valence-electron chi connectivity index (χ0n) is 11.1. The van der Waals surface area contributed by atoms with Gasteiger partial charge >= 0.3 is 0 Å². The van der Waals surface area contributed by atoms with Crippen LogP contribution in [0.25, 0.3) is 10.9 Å². The number of aromatic nitrogens is 2. The lowest BCUT2D eigenvalue weighted by atomic mass is 10.3. The van der Waals surface area contributed by atoms with Gasteiger partial charge in [0.25, 0.3) is 0 Å². The topological polar surface area (TPSA) is 27.1 Å². The molecule has 0 aromatic carbocycles. The predicted octanol–water partition coefficient (Wildman–Crippen LogP) is 4.11. The molecule has 0 saturated heterocycles. The summed E-state index contributed by atoms with van der Waals surface area (Å²) in [6.45, 7) is 8.56. The summed E-state index contributed by atoms with van der Waals surface area (Å²) in [5.41, 5.74) is 1.16. The molecular formula is C13H19BrN2OSi. The molecule has 0 bridgehead atoms. The Morgan fingerprint density at radius 3 is 2.83 bits per heavy atom. The van der Waals surface area contributed by atoms with Gasteiger partial charge in [0, 0.05) is 32.5 Å². The third-order valence-corrected chi connectivity index (χ3v) is 5.21. The van der Waals surface area contributed by atoms with Gasteiger partial charge in [-0.1, -0.05) is 19.6 Å². The molecule has 0 fully saturated rings. The van der Waals surface area contributed by atoms with Crippen LogP contribution in [0.2, 0.25) is 25.7 Å². The molecule has 2 aromatic heterocycles. The van der Waals surface area contributed by atoms with E-state index in [9.17, 15) is 0 Å². The number of halogens is 1. The Kier molecular flexibility index (Phi) is 4.24. The van der Waals surface area contributed by atoms with Crippen molar-refractivity contribution in [1.82, 2.24) is 9.55 Å². The van der Waals surface area contributed by atoms with Crippen LogP contribution >= 0.6 is 15.9 Å². The monoisotopic (exact) mass is 326 g/mol. The van der Waals surface area contributed by atoms with Crippen molar-refractivity contribution >= 4 is 34.9 Å². The van der Waals surface area contributed by atoms with Crippen molar-refractivity contribution in [3.8, 4) is 0 Å². The van der Waals surface area contributed by atoms with Crippen molar-refractivity contribution in [1.29, 1.82) is 0 Å². The summed E-state index contributed by atoms with van der Waals surface area (Å²) >= 11 is 3.46. The van der Waals surface area contributed by atoms with Crippen LogP contribution in [-0.2, 0) is 11.5 Å². The van der Waals surface area contributed by atoms with Crippen LogP contribution in [-0.4, -0.2) is 24.2 Å². The second-order valence-corrected chi connectivity index (χ2v) is 12.0. The van der Waals surface area contributed by atoms with Crippen molar-refractivity contribution < 1.29 is 4.74 Å². The Hall–Kier alpha value is -0.653. The lowest BCUT2D eigenvalue weighted by Gasteiger charge is -2.15. The normalized spacial score (nSPS) is 12.2. The number of hydrogen-bond acceptors (Lipinski definition) is 2. The number of pyridine rings is 1. The molecule has 0 atom stereocenters. The first-order valence-corrected chi connectivity index (χ1v) is 10.6. The van der Waals surface area contributed by atoms with E-state index in [4.69, 9.17) is 4.74 Å². The largest absolute Gasteiger partial charge is 0.361 e. The Labute approximate surface area is 117 Å². The van der Waals surface area contributed by atoms with Gasteiger partial charge in [-0.3, -0.25) is 0 Å². The highest BCUT2D eigenvalue weighted by Crippen LogP contribution is 2.22. The van der Waals surface area contributed by atoms with Crippen molar-refractivity contribution in [2.45, 2.75) is 32.4 Å². The minimum atomic E-state index is -0.994. The van der Waals surface area contributed by atoms with Gasteiger partial charge in [0.15, 0.2) is 0 Å². The fourth-order valence-corrected chi connectivity index (χ4v) is 2.95. The fourth-order valence-electron chi connectivity index (χ4n) is 1.74. The van der Waals surface area contributed by atoms with Crippen LogP contribution in [0.4, 0.5) is 0 Å². The van der Waals surface area contributed by atoms with Crippen molar-refractivity contribution in [2.75, 3.05) is 6.61 Å². The van der Waals surface area contributed by atoms with E-state index >= 15 is 0 Å². The Morgan fingerprint density at radius 2 is 2.11 bits per heavy atom. The average molecular weight is 327 g/mol. The average Bonchev–Trinajstić information content (AvgIpc) is 2.68. The molecule has 0 aliphatic rings. The molecule has 2 aromatic rings. The summed E-state index contributed by atoms with van der Waals surface area (Å²) in [6, 6.07) is 5.29. The quantitative estimate of drug-likeness (QED) is 0.469. The number of fused-ring (bicyclic) bond motifs is 1. The number of nitrogens with zero attached hydrogens (tertiary/aromatic N) is 2. The summed E-state index contributed by atoms with van der Waals surface area (Å²) in [5.74, 6) is 0. The summed E-state index contributed by atoms with van der Waals surface area (Å²) in [7, 11) is -0.994. The number of hydrogen-bond donors (Lipinski definition) is 0. The molecule has 0 spiro atoms. The predicted molar refractivity (Wildman–Crippen MR) is 81.5 cm³/mol. The highest BCUT2D eigenvalue weighted by Gasteiger charge is 2.12. The molecule has 3 nitrogen and oxygen atoms in total. The van der Waals surface area contributed by atoms with Crippen LogP contribution < -0.4 is 0 Å². The van der Waals surface area contributed by atoms with Crippen molar-refractivity contribution in [3.63, 3.8) is 0 Å². The molecule has 2 rings (SSSR count). The number of ether oxygens (including phenoxy) is 1. The van der Waals surface area contributed by atoms with Gasteiger partial charge in [0.05, 0.1) is 5.52 Å². The van der Waals surface area contributed by atoms with E-state index in [-0.39, 0.29) is 0 Å². The van der Waals surface area contributed by atoms with Gasteiger partial charge in [0.2, 0.25) is 0 Å². The summed E-state index contributed by atoms with van der Waals surface area (Å²) in [6.07, 6.45) is 3.86. The van der Waals surface area contributed by atoms with Gasteiger partial charge < -0.3 is 9.30 Å². The molecule has 0 radical (unpaired) electrons. The van der Waals surface area contributed by atoms with Gasteiger partial charge in [-0.25, -0.2) is 4.98 Å². The van der Waals surface area contributed by atoms with E-state index in [2.05, 4.69) is 51.2 Å². The van der Waals surface area contributed by atoms with E-state index in [1.165, 1.54) is 6.04 Å². The SMILES string of the molecule is C[Si](C)(C)CCOCn1ccc2c(Br)nccc21. The Bertz CT molecular complexity index is 533. The van der Waals surface area contributed by atoms with E-state index < -0.39 is 8.07 Å². The lowest BCUT2D eigenvalue weighted by Crippen LogP contribution is -2.21. The van der Waals surface area contributed by atoms with Crippen LogP contribution in [0.1, 0.15) is 0 Å². The second kappa shape index (κ2) is 5.55. The molecule has 0 aliphatic heterocycles. The van der Waals surface area contributed by atoms with E-state index in [1.807, 2.05) is 18.5 Å². The Morgan fingerprint density at radius 1 is 1.33 bits per heavy atom. The molecular weight excluding hydrogens is 308 g/mol. The molecule has 0 saturated carbocycles. The van der Waals surface area contributed by atoms with E-state index in [0.29, 0.717) is 6.73 Å². The Balaban J connectivity index is 1.98. The maximum absolute atomic E-state index is 5.76. The second-order valence-electron chi connectivity index (χ2n) is 5.67. The molecule has 18 heavy (non-hydrogen) atoms. The first kappa shape index (κ1) is 13.8. The van der Waals surface area contributed by atoms with Gasteiger partial charge in [-0.15, -0.1) is 0 Å². The maximum Gasteiger partial charge on any atom is 0.122 e. The smallest absolute Gasteiger partial charge is 0.122 e. The van der Waals surface area contributed by atoms with Crippen LogP contribution in [0.15, 0.2) is 29.1 Å². The van der Waals surface area contributed by atoms with Crippen molar-refractivity contribution in [3.05, 3.63) is 29.1 Å². The maximum atomic E-state index is 5.76. The lowest BCUT2D eigenvalue weighted by molar-refractivity contribution is 0.0902. The molecule has 0 N–H and O–H groups in total. The third-order valence-electron chi connectivity index (χ3n) is 2.88. The standard InChI is InChI=1S/C13H19BrN2OSi/c1-18(2,3)9-8-17-10-16-7-5-11-12(16)4-6-15-13(11)14/h4-7H,8-10H2,1-3H3. The molecule has 2 heterocycles. The van der Waals surface area contributed by atoms with E-state index in [0.717, 1.165) is 22.1 Å². The highest BCUT2D eigenvalue weighted by atomic mass is 79.9. The van der Waals surface area contributed by atoms with Gasteiger partial charge in [-0.2, -0.15) is 0 Å². The van der Waals surface area contributed by atoms with Crippen molar-refractivity contribution in [2.24, 2.45) is 0 Å². The number of rotatable bonds is 5. The van der Waals surface area contributed by atoms with Crippen LogP contribution in [0, 0.1) is 0 Å². The summed E-state index contributed by atoms with van der Waals surface area (Å²) in [5, 5.41) is 1.13. The fraction of sp³-hybridized carbons (Fsp3) is 0.462. The summed E-state index contributed by atoms with van der Waals surface area (Å²) in [4.78, 5) is 4.22. The molecule has 98 valence electrons. The summed E-state index contributed by atoms with van der Waals surface area (Å²) < 4.78 is 8.77. The molecule has 0 unspecified atom stereocenters. The van der Waals surface area contributed by atoms with Crippen LogP contribution in [0.5, 0.6) is 0 Å². The highest BCUT2D eigenvalue weighted by molar-refractivity contribution is 9.10. The first-order chi connectivity index (χ1) is 8.47. The molecule has 0 amide bonds. The third kappa shape index (κ3) is 3.43. The van der Waals surface area contributed by atoms with E-state index in [1.54, 1.807) is 0 Å². The van der Waals surface area contributed by atoms with Gasteiger partial charge in [0.1, 0.15) is 11.3 Å². The molecule has 5 heteroatoms. The van der Waals surface area contributed by atoms with Gasteiger partial charge in [-0.05, 0) is 34.1 Å². The minimum absolute atomic E-state index is 0.616. The first-order valence-electron chi connectivity index (χ1n) is 6.14. The zero-order chi connectivity index (χ0) is 13.2. The minimum Gasteiger partial charge on any atom is -0.361 e. The van der Waals surface area contributed by atoms with Crippen LogP contribution in [0.3, 0.4) is 0 Å².